The third-order valence-electron chi connectivity index (χ3n) is 4.02. The molecular formula is C18H17N5O3S. The zero-order chi connectivity index (χ0) is 19.0. The number of benzene rings is 2. The maximum atomic E-state index is 11.5. The van der Waals surface area contributed by atoms with Crippen LogP contribution in [0.3, 0.4) is 0 Å². The van der Waals surface area contributed by atoms with Crippen LogP contribution in [0.5, 0.6) is 5.75 Å². The number of nitrogens with two attached hydrogens (primary N) is 1. The lowest BCUT2D eigenvalue weighted by Crippen LogP contribution is -2.11. The molecule has 2 aromatic carbocycles. The van der Waals surface area contributed by atoms with Crippen LogP contribution in [0.25, 0.3) is 21.3 Å². The Morgan fingerprint density at radius 2 is 2.15 bits per heavy atom. The van der Waals surface area contributed by atoms with Crippen LogP contribution in [-0.4, -0.2) is 32.6 Å². The first-order valence-electron chi connectivity index (χ1n) is 8.31. The minimum Gasteiger partial charge on any atom is -0.492 e. The lowest BCUT2D eigenvalue weighted by atomic mass is 10.2. The van der Waals surface area contributed by atoms with Gasteiger partial charge < -0.3 is 25.9 Å². The van der Waals surface area contributed by atoms with Crippen molar-refractivity contribution >= 4 is 49.3 Å². The van der Waals surface area contributed by atoms with E-state index in [4.69, 9.17) is 10.5 Å². The van der Waals surface area contributed by atoms with Gasteiger partial charge in [0, 0.05) is 5.56 Å². The Balaban J connectivity index is 1.77. The van der Waals surface area contributed by atoms with Crippen LogP contribution >= 0.6 is 11.3 Å². The van der Waals surface area contributed by atoms with Gasteiger partial charge in [-0.1, -0.05) is 11.3 Å². The Kier molecular flexibility index (Phi) is 4.38. The molecule has 1 amide bonds. The lowest BCUT2D eigenvalue weighted by Gasteiger charge is -2.11. The summed E-state index contributed by atoms with van der Waals surface area (Å²) in [7, 11) is 0. The summed E-state index contributed by atoms with van der Waals surface area (Å²) in [6.07, 6.45) is 0. The van der Waals surface area contributed by atoms with Crippen molar-refractivity contribution < 1.29 is 14.6 Å². The molecule has 0 bridgehead atoms. The zero-order valence-electron chi connectivity index (χ0n) is 14.4. The summed E-state index contributed by atoms with van der Waals surface area (Å²) >= 11 is 1.45. The number of amides is 1. The number of rotatable bonds is 6. The molecule has 5 N–H and O–H groups in total. The van der Waals surface area contributed by atoms with Gasteiger partial charge >= 0.3 is 0 Å². The molecule has 0 aliphatic carbocycles. The van der Waals surface area contributed by atoms with Crippen molar-refractivity contribution in [1.82, 2.24) is 15.0 Å². The molecule has 2 aromatic heterocycles. The smallest absolute Gasteiger partial charge is 0.248 e. The minimum atomic E-state index is -0.514. The fraction of sp³-hybridized carbons (Fsp3) is 0.167. The summed E-state index contributed by atoms with van der Waals surface area (Å²) in [5.74, 6) is 0.585. The maximum absolute atomic E-state index is 11.5. The molecule has 27 heavy (non-hydrogen) atoms. The van der Waals surface area contributed by atoms with Crippen LogP contribution in [0.2, 0.25) is 0 Å². The Hall–Kier alpha value is -3.17. The Morgan fingerprint density at radius 1 is 1.30 bits per heavy atom. The predicted molar refractivity (Wildman–Crippen MR) is 105 cm³/mol. The average Bonchev–Trinajstić information content (AvgIpc) is 3.25. The van der Waals surface area contributed by atoms with Crippen LogP contribution < -0.4 is 15.8 Å². The van der Waals surface area contributed by atoms with E-state index >= 15 is 0 Å². The first kappa shape index (κ1) is 17.3. The van der Waals surface area contributed by atoms with Crippen LogP contribution in [0.4, 0.5) is 10.8 Å². The Morgan fingerprint density at radius 3 is 2.89 bits per heavy atom. The molecule has 8 nitrogen and oxygen atoms in total. The second kappa shape index (κ2) is 6.86. The third-order valence-corrected chi connectivity index (χ3v) is 4.95. The minimum absolute atomic E-state index is 0.164. The van der Waals surface area contributed by atoms with Crippen LogP contribution in [0, 0.1) is 0 Å². The number of ether oxygens (including phenoxy) is 1. The molecular weight excluding hydrogens is 366 g/mol. The second-order valence-corrected chi connectivity index (χ2v) is 6.83. The molecule has 0 atom stereocenters. The number of nitrogens with zero attached hydrogens (tertiary/aromatic N) is 2. The van der Waals surface area contributed by atoms with Gasteiger partial charge in [-0.3, -0.25) is 4.79 Å². The van der Waals surface area contributed by atoms with E-state index in [1.807, 2.05) is 19.1 Å². The quantitative estimate of drug-likeness (QED) is 0.405. The van der Waals surface area contributed by atoms with E-state index in [1.54, 1.807) is 18.2 Å². The standard InChI is InChI=1S/C18H17N5O3S/c1-2-26-12-5-3-9(17(19)25)7-11(12)21-18-23-16-13(27-18)6-4-10-15(16)22-14(8-24)20-10/h3-7,24H,2,8H2,1H3,(H2,19,25)(H,20,22)(H,21,23). The third kappa shape index (κ3) is 3.18. The monoisotopic (exact) mass is 383 g/mol. The number of nitrogens with one attached hydrogen (secondary N) is 2. The normalized spacial score (nSPS) is 11.2. The second-order valence-electron chi connectivity index (χ2n) is 5.80. The highest BCUT2D eigenvalue weighted by atomic mass is 32.1. The largest absolute Gasteiger partial charge is 0.492 e. The van der Waals surface area contributed by atoms with E-state index in [9.17, 15) is 9.90 Å². The molecule has 0 saturated heterocycles. The lowest BCUT2D eigenvalue weighted by molar-refractivity contribution is 0.100. The highest BCUT2D eigenvalue weighted by molar-refractivity contribution is 7.22. The summed E-state index contributed by atoms with van der Waals surface area (Å²) in [5, 5.41) is 13.1. The Bertz CT molecular complexity index is 1150. The summed E-state index contributed by atoms with van der Waals surface area (Å²) in [6, 6.07) is 8.83. The van der Waals surface area contributed by atoms with Crippen molar-refractivity contribution in [3.8, 4) is 5.75 Å². The van der Waals surface area contributed by atoms with Gasteiger partial charge in [0.15, 0.2) is 5.13 Å². The van der Waals surface area contributed by atoms with Gasteiger partial charge in [-0.15, -0.1) is 0 Å². The highest BCUT2D eigenvalue weighted by Gasteiger charge is 2.14. The number of hydrogen-bond acceptors (Lipinski definition) is 7. The number of primary amides is 1. The summed E-state index contributed by atoms with van der Waals surface area (Å²) < 4.78 is 6.57. The number of aliphatic hydroxyl groups is 1. The van der Waals surface area contributed by atoms with Gasteiger partial charge in [-0.25, -0.2) is 9.97 Å². The SMILES string of the molecule is CCOc1ccc(C(N)=O)cc1Nc1nc2c(ccc3[nH]c(CO)nc32)s1. The molecule has 0 unspecified atom stereocenters. The van der Waals surface area contributed by atoms with E-state index in [1.165, 1.54) is 11.3 Å². The summed E-state index contributed by atoms with van der Waals surface area (Å²) in [4.78, 5) is 23.6. The molecule has 0 aliphatic heterocycles. The van der Waals surface area contributed by atoms with Gasteiger partial charge in [0.05, 0.1) is 22.5 Å². The van der Waals surface area contributed by atoms with Crippen LogP contribution in [0.1, 0.15) is 23.1 Å². The van der Waals surface area contributed by atoms with Gasteiger partial charge in [-0.2, -0.15) is 0 Å². The topological polar surface area (TPSA) is 126 Å². The van der Waals surface area contributed by atoms with Crippen molar-refractivity contribution in [2.75, 3.05) is 11.9 Å². The first-order chi connectivity index (χ1) is 13.1. The molecule has 4 aromatic rings. The van der Waals surface area contributed by atoms with Crippen LogP contribution in [0.15, 0.2) is 30.3 Å². The van der Waals surface area contributed by atoms with Crippen molar-refractivity contribution in [2.24, 2.45) is 5.73 Å². The number of carbonyl (C=O) groups excluding carboxylic acids is 1. The van der Waals surface area contributed by atoms with Crippen molar-refractivity contribution in [2.45, 2.75) is 13.5 Å². The summed E-state index contributed by atoms with van der Waals surface area (Å²) in [6.45, 7) is 2.21. The fourth-order valence-electron chi connectivity index (χ4n) is 2.82. The molecule has 0 aliphatic rings. The number of aromatic nitrogens is 3. The van der Waals surface area contributed by atoms with Gasteiger partial charge in [0.1, 0.15) is 29.2 Å². The van der Waals surface area contributed by atoms with E-state index in [-0.39, 0.29) is 6.61 Å². The molecule has 2 heterocycles. The van der Waals surface area contributed by atoms with Gasteiger partial charge in [-0.05, 0) is 37.3 Å². The summed E-state index contributed by atoms with van der Waals surface area (Å²) in [5.41, 5.74) is 8.63. The number of fused-ring (bicyclic) bond motifs is 3. The number of carbonyl (C=O) groups is 1. The molecule has 0 radical (unpaired) electrons. The van der Waals surface area contributed by atoms with E-state index in [2.05, 4.69) is 20.3 Å². The van der Waals surface area contributed by atoms with Crippen LogP contribution in [-0.2, 0) is 6.61 Å². The van der Waals surface area contributed by atoms with Gasteiger partial charge in [0.2, 0.25) is 5.91 Å². The van der Waals surface area contributed by atoms with Gasteiger partial charge in [0.25, 0.3) is 0 Å². The zero-order valence-corrected chi connectivity index (χ0v) is 15.3. The van der Waals surface area contributed by atoms with Crippen molar-refractivity contribution in [3.05, 3.63) is 41.7 Å². The van der Waals surface area contributed by atoms with E-state index in [0.29, 0.717) is 40.1 Å². The number of thiazole rings is 1. The number of hydrogen-bond donors (Lipinski definition) is 4. The average molecular weight is 383 g/mol. The van der Waals surface area contributed by atoms with Crippen molar-refractivity contribution in [1.29, 1.82) is 0 Å². The van der Waals surface area contributed by atoms with E-state index in [0.717, 1.165) is 15.7 Å². The number of aliphatic hydroxyl groups excluding tert-OH is 1. The number of aromatic amines is 1. The van der Waals surface area contributed by atoms with E-state index < -0.39 is 5.91 Å². The molecule has 0 spiro atoms. The van der Waals surface area contributed by atoms with Crippen molar-refractivity contribution in [3.63, 3.8) is 0 Å². The molecule has 0 saturated carbocycles. The number of H-pyrrole nitrogens is 1. The molecule has 138 valence electrons. The molecule has 0 fully saturated rings. The predicted octanol–water partition coefficient (Wildman–Crippen LogP) is 2.91. The highest BCUT2D eigenvalue weighted by Crippen LogP contribution is 2.35. The first-order valence-corrected chi connectivity index (χ1v) is 9.13. The number of anilines is 2. The number of imidazole rings is 1. The Labute approximate surface area is 158 Å². The molecule has 9 heteroatoms. The fourth-order valence-corrected chi connectivity index (χ4v) is 3.70. The maximum Gasteiger partial charge on any atom is 0.248 e. The molecule has 4 rings (SSSR count).